The zero-order chi connectivity index (χ0) is 29.0. The van der Waals surface area contributed by atoms with Crippen molar-refractivity contribution in [1.29, 1.82) is 0 Å². The lowest BCUT2D eigenvalue weighted by molar-refractivity contribution is -0.192. The van der Waals surface area contributed by atoms with E-state index in [0.717, 1.165) is 42.5 Å². The van der Waals surface area contributed by atoms with Gasteiger partial charge < -0.3 is 20.8 Å². The summed E-state index contributed by atoms with van der Waals surface area (Å²) in [6.07, 6.45) is 0.835. The predicted octanol–water partition coefficient (Wildman–Crippen LogP) is 4.45. The second-order valence-corrected chi connectivity index (χ2v) is 9.27. The van der Waals surface area contributed by atoms with Gasteiger partial charge in [0, 0.05) is 38.1 Å². The number of halogens is 5. The zero-order valence-corrected chi connectivity index (χ0v) is 21.9. The third-order valence-electron chi connectivity index (χ3n) is 6.01. The van der Waals surface area contributed by atoms with Crippen molar-refractivity contribution in [3.8, 4) is 11.3 Å². The first kappa shape index (κ1) is 32.1. The molecule has 2 heterocycles. The quantitative estimate of drug-likeness (QED) is 0.294. The van der Waals surface area contributed by atoms with Gasteiger partial charge in [0.25, 0.3) is 0 Å². The average Bonchev–Trinajstić information content (AvgIpc) is 2.89. The number of nitrogens with one attached hydrogen (secondary N) is 2. The number of alkyl halides is 5. The Balaban J connectivity index is 0.000000673. The molecule has 218 valence electrons. The molecule has 1 aliphatic rings. The van der Waals surface area contributed by atoms with Gasteiger partial charge in [-0.2, -0.15) is 18.2 Å². The van der Waals surface area contributed by atoms with Crippen LogP contribution in [0.2, 0.25) is 0 Å². The number of carboxylic acid groups (broad SMARTS) is 1. The molecule has 14 heteroatoms. The van der Waals surface area contributed by atoms with Gasteiger partial charge >= 0.3 is 12.1 Å². The lowest BCUT2D eigenvalue weighted by atomic mass is 9.93. The summed E-state index contributed by atoms with van der Waals surface area (Å²) in [5.41, 5.74) is 2.48. The maximum Gasteiger partial charge on any atom is 0.490 e. The van der Waals surface area contributed by atoms with E-state index < -0.39 is 18.3 Å². The maximum absolute atomic E-state index is 13.7. The van der Waals surface area contributed by atoms with Crippen LogP contribution in [0.5, 0.6) is 0 Å². The number of carbonyl (C=O) groups is 1. The summed E-state index contributed by atoms with van der Waals surface area (Å²) >= 11 is 0. The number of aromatic nitrogens is 3. The minimum Gasteiger partial charge on any atom is -0.475 e. The van der Waals surface area contributed by atoms with Crippen molar-refractivity contribution in [3.63, 3.8) is 0 Å². The third kappa shape index (κ3) is 11.2. The van der Waals surface area contributed by atoms with E-state index in [4.69, 9.17) is 9.90 Å². The Bertz CT molecular complexity index is 1020. The molecule has 4 N–H and O–H groups in total. The molecular formula is C25H35F5N6O3. The number of rotatable bonds is 11. The van der Waals surface area contributed by atoms with Gasteiger partial charge in [-0.1, -0.05) is 13.0 Å². The van der Waals surface area contributed by atoms with Crippen molar-refractivity contribution in [2.45, 2.75) is 70.1 Å². The van der Waals surface area contributed by atoms with Gasteiger partial charge in [0.1, 0.15) is 18.7 Å². The van der Waals surface area contributed by atoms with E-state index in [1.165, 1.54) is 0 Å². The van der Waals surface area contributed by atoms with Gasteiger partial charge in [-0.05, 0) is 50.8 Å². The van der Waals surface area contributed by atoms with Gasteiger partial charge in [0.15, 0.2) is 0 Å². The van der Waals surface area contributed by atoms with Gasteiger partial charge in [-0.3, -0.25) is 9.88 Å². The average molecular weight is 563 g/mol. The smallest absolute Gasteiger partial charge is 0.475 e. The zero-order valence-electron chi connectivity index (χ0n) is 21.9. The van der Waals surface area contributed by atoms with E-state index >= 15 is 0 Å². The highest BCUT2D eigenvalue weighted by Crippen LogP contribution is 2.29. The summed E-state index contributed by atoms with van der Waals surface area (Å²) in [5.74, 6) is -1.74. The molecule has 0 aliphatic heterocycles. The molecule has 0 spiro atoms. The largest absolute Gasteiger partial charge is 0.490 e. The highest BCUT2D eigenvalue weighted by molar-refractivity contribution is 5.73. The minimum absolute atomic E-state index is 0.157. The Kier molecular flexibility index (Phi) is 12.7. The molecule has 1 saturated carbocycles. The van der Waals surface area contributed by atoms with Crippen molar-refractivity contribution >= 4 is 17.7 Å². The molecule has 1 atom stereocenters. The second-order valence-electron chi connectivity index (χ2n) is 9.27. The van der Waals surface area contributed by atoms with Gasteiger partial charge in [0.05, 0.1) is 17.4 Å². The number of aliphatic carboxylic acids is 1. The fraction of sp³-hybridized carbons (Fsp3) is 0.600. The Morgan fingerprint density at radius 2 is 1.85 bits per heavy atom. The van der Waals surface area contributed by atoms with Crippen LogP contribution in [0.25, 0.3) is 11.3 Å². The lowest BCUT2D eigenvalue weighted by Gasteiger charge is -2.27. The molecule has 39 heavy (non-hydrogen) atoms. The fourth-order valence-electron chi connectivity index (χ4n) is 3.74. The fourth-order valence-corrected chi connectivity index (χ4v) is 3.74. The number of nitrogens with zero attached hydrogens (tertiary/aromatic N) is 4. The summed E-state index contributed by atoms with van der Waals surface area (Å²) in [6.45, 7) is 2.57. The monoisotopic (exact) mass is 562 g/mol. The minimum atomic E-state index is -5.08. The first-order valence-electron chi connectivity index (χ1n) is 12.6. The van der Waals surface area contributed by atoms with Crippen LogP contribution in [-0.4, -0.2) is 87.3 Å². The van der Waals surface area contributed by atoms with Crippen LogP contribution in [0.4, 0.5) is 33.7 Å². The van der Waals surface area contributed by atoms with Crippen molar-refractivity contribution < 1.29 is 37.0 Å². The van der Waals surface area contributed by atoms with Gasteiger partial charge in [-0.25, -0.2) is 18.6 Å². The normalized spacial score (nSPS) is 18.2. The molecule has 0 amide bonds. The van der Waals surface area contributed by atoms with Crippen molar-refractivity contribution in [1.82, 2.24) is 19.9 Å². The summed E-state index contributed by atoms with van der Waals surface area (Å²) in [7, 11) is 1.87. The van der Waals surface area contributed by atoms with Crippen LogP contribution >= 0.6 is 0 Å². The van der Waals surface area contributed by atoms with E-state index in [0.29, 0.717) is 31.3 Å². The molecule has 0 bridgehead atoms. The number of hydrogen-bond donors (Lipinski definition) is 4. The van der Waals surface area contributed by atoms with Crippen LogP contribution in [0.15, 0.2) is 24.5 Å². The highest BCUT2D eigenvalue weighted by atomic mass is 19.4. The summed E-state index contributed by atoms with van der Waals surface area (Å²) < 4.78 is 57.9. The number of hydrogen-bond acceptors (Lipinski definition) is 8. The Morgan fingerprint density at radius 1 is 1.18 bits per heavy atom. The molecule has 0 aromatic carbocycles. The van der Waals surface area contributed by atoms with E-state index in [1.54, 1.807) is 19.3 Å². The van der Waals surface area contributed by atoms with Crippen molar-refractivity contribution in [2.75, 3.05) is 37.4 Å². The lowest BCUT2D eigenvalue weighted by Crippen LogP contribution is -2.29. The van der Waals surface area contributed by atoms with Crippen molar-refractivity contribution in [2.24, 2.45) is 0 Å². The molecule has 1 unspecified atom stereocenters. The van der Waals surface area contributed by atoms with E-state index in [2.05, 4.69) is 25.6 Å². The molecule has 1 fully saturated rings. The van der Waals surface area contributed by atoms with Crippen LogP contribution in [-0.2, 0) is 11.3 Å². The number of aliphatic hydroxyl groups is 1. The second kappa shape index (κ2) is 15.5. The molecule has 2 aromatic heterocycles. The van der Waals surface area contributed by atoms with E-state index in [9.17, 15) is 27.1 Å². The molecular weight excluding hydrogens is 527 g/mol. The molecule has 0 saturated heterocycles. The number of aliphatic hydroxyl groups excluding tert-OH is 1. The SMILES string of the molecule is CCC(F)CNc1ncc(-c2ccc(CN(C)CCF)cn2)c(NC2CCC(O)CC2)n1.O=C(O)C(F)(F)F. The van der Waals surface area contributed by atoms with Crippen molar-refractivity contribution in [3.05, 3.63) is 30.1 Å². The standard InChI is InChI=1S/C23H34F2N6O.C2HF3O2/c1-3-17(25)13-27-23-28-14-20(22(30-23)29-18-5-7-19(32)8-6-18)21-9-4-16(12-26-21)15-31(2)11-10-24;3-2(4,5)1(6)7/h4,9,12,14,17-19,32H,3,5-8,10-11,13,15H2,1-2H3,(H2,27,28,29,30);(H,6,7). The van der Waals surface area contributed by atoms with Crippen LogP contribution < -0.4 is 10.6 Å². The van der Waals surface area contributed by atoms with Crippen LogP contribution in [0.1, 0.15) is 44.6 Å². The predicted molar refractivity (Wildman–Crippen MR) is 137 cm³/mol. The topological polar surface area (TPSA) is 124 Å². The van der Waals surface area contributed by atoms with Crippen LogP contribution in [0.3, 0.4) is 0 Å². The summed E-state index contributed by atoms with van der Waals surface area (Å²) in [5, 5.41) is 23.4. The highest BCUT2D eigenvalue weighted by Gasteiger charge is 2.38. The van der Waals surface area contributed by atoms with E-state index in [-0.39, 0.29) is 25.4 Å². The summed E-state index contributed by atoms with van der Waals surface area (Å²) in [4.78, 5) is 24.4. The van der Waals surface area contributed by atoms with Crippen LogP contribution in [0, 0.1) is 0 Å². The first-order valence-corrected chi connectivity index (χ1v) is 12.6. The third-order valence-corrected chi connectivity index (χ3v) is 6.01. The molecule has 3 rings (SSSR count). The van der Waals surface area contributed by atoms with Gasteiger partial charge in [-0.15, -0.1) is 0 Å². The first-order chi connectivity index (χ1) is 18.4. The number of pyridine rings is 1. The van der Waals surface area contributed by atoms with E-state index in [1.807, 2.05) is 24.1 Å². The maximum atomic E-state index is 13.7. The van der Waals surface area contributed by atoms with Gasteiger partial charge in [0.2, 0.25) is 5.95 Å². The molecule has 0 radical (unpaired) electrons. The Morgan fingerprint density at radius 3 is 2.38 bits per heavy atom. The molecule has 1 aliphatic carbocycles. The Labute approximate surface area is 223 Å². The number of anilines is 2. The molecule has 9 nitrogen and oxygen atoms in total. The molecule has 2 aromatic rings. The Hall–Kier alpha value is -3.13. The number of carboxylic acids is 1. The summed E-state index contributed by atoms with van der Waals surface area (Å²) in [6, 6.07) is 4.08.